The minimum absolute atomic E-state index is 0.0103. The molecule has 0 bridgehead atoms. The van der Waals surface area contributed by atoms with Crippen molar-refractivity contribution in [3.63, 3.8) is 0 Å². The highest BCUT2D eigenvalue weighted by Crippen LogP contribution is 2.41. The maximum atomic E-state index is 13.4. The summed E-state index contributed by atoms with van der Waals surface area (Å²) in [4.78, 5) is 0. The fraction of sp³-hybridized carbons (Fsp3) is 0.600. The molecule has 3 unspecified atom stereocenters. The van der Waals surface area contributed by atoms with Gasteiger partial charge in [0.25, 0.3) is 0 Å². The highest BCUT2D eigenvalue weighted by atomic mass is 35.5. The molecule has 2 N–H and O–H groups in total. The van der Waals surface area contributed by atoms with Crippen LogP contribution in [-0.2, 0) is 6.42 Å². The SMILES string of the molecule is NC(Cc1cccc(F)c1Cl)C1CCCC(C(F)(F)F)C1. The second-order valence-corrected chi connectivity index (χ2v) is 6.12. The van der Waals surface area contributed by atoms with Crippen LogP contribution in [0.5, 0.6) is 0 Å². The summed E-state index contributed by atoms with van der Waals surface area (Å²) < 4.78 is 51.8. The first-order valence-corrected chi connectivity index (χ1v) is 7.42. The zero-order valence-corrected chi connectivity index (χ0v) is 12.2. The van der Waals surface area contributed by atoms with Gasteiger partial charge in [-0.15, -0.1) is 0 Å². The van der Waals surface area contributed by atoms with E-state index < -0.39 is 24.0 Å². The molecule has 1 aromatic rings. The average Bonchev–Trinajstić information content (AvgIpc) is 2.43. The Hall–Kier alpha value is -0.810. The summed E-state index contributed by atoms with van der Waals surface area (Å²) in [5.41, 5.74) is 6.61. The van der Waals surface area contributed by atoms with Crippen molar-refractivity contribution in [1.82, 2.24) is 0 Å². The molecule has 1 nitrogen and oxygen atoms in total. The molecule has 0 aliphatic heterocycles. The molecular weight excluding hydrogens is 306 g/mol. The number of hydrogen-bond donors (Lipinski definition) is 1. The van der Waals surface area contributed by atoms with Crippen molar-refractivity contribution in [2.24, 2.45) is 17.6 Å². The minimum Gasteiger partial charge on any atom is -0.327 e. The number of hydrogen-bond acceptors (Lipinski definition) is 1. The molecular formula is C15H18ClF4N. The van der Waals surface area contributed by atoms with Crippen molar-refractivity contribution in [2.45, 2.75) is 44.3 Å². The quantitative estimate of drug-likeness (QED) is 0.800. The van der Waals surface area contributed by atoms with E-state index in [0.717, 1.165) is 0 Å². The Morgan fingerprint density at radius 3 is 2.67 bits per heavy atom. The van der Waals surface area contributed by atoms with Crippen LogP contribution in [0.1, 0.15) is 31.2 Å². The monoisotopic (exact) mass is 323 g/mol. The van der Waals surface area contributed by atoms with Gasteiger partial charge in [0.05, 0.1) is 10.9 Å². The second kappa shape index (κ2) is 6.53. The lowest BCUT2D eigenvalue weighted by molar-refractivity contribution is -0.186. The smallest absolute Gasteiger partial charge is 0.327 e. The summed E-state index contributed by atoms with van der Waals surface area (Å²) in [6.45, 7) is 0. The molecule has 0 amide bonds. The van der Waals surface area contributed by atoms with Gasteiger partial charge in [-0.3, -0.25) is 0 Å². The third-order valence-corrected chi connectivity index (χ3v) is 4.69. The van der Waals surface area contributed by atoms with Gasteiger partial charge >= 0.3 is 6.18 Å². The van der Waals surface area contributed by atoms with Gasteiger partial charge < -0.3 is 5.73 Å². The van der Waals surface area contributed by atoms with E-state index in [1.165, 1.54) is 12.1 Å². The lowest BCUT2D eigenvalue weighted by Gasteiger charge is -2.34. The summed E-state index contributed by atoms with van der Waals surface area (Å²) in [6, 6.07) is 4.00. The molecule has 1 saturated carbocycles. The fourth-order valence-corrected chi connectivity index (χ4v) is 3.24. The van der Waals surface area contributed by atoms with Gasteiger partial charge in [-0.25, -0.2) is 4.39 Å². The molecule has 2 rings (SSSR count). The third-order valence-electron chi connectivity index (χ3n) is 4.27. The molecule has 1 aliphatic carbocycles. The Morgan fingerprint density at radius 2 is 2.00 bits per heavy atom. The van der Waals surface area contributed by atoms with E-state index in [0.29, 0.717) is 24.8 Å². The summed E-state index contributed by atoms with van der Waals surface area (Å²) in [5, 5.41) is 0.0103. The van der Waals surface area contributed by atoms with Gasteiger partial charge in [-0.2, -0.15) is 13.2 Å². The first-order chi connectivity index (χ1) is 9.79. The zero-order chi connectivity index (χ0) is 15.6. The molecule has 0 spiro atoms. The van der Waals surface area contributed by atoms with Gasteiger partial charge in [0.1, 0.15) is 5.82 Å². The van der Waals surface area contributed by atoms with E-state index in [1.54, 1.807) is 6.07 Å². The van der Waals surface area contributed by atoms with Crippen LogP contribution >= 0.6 is 11.6 Å². The number of benzene rings is 1. The van der Waals surface area contributed by atoms with Crippen LogP contribution in [0.2, 0.25) is 5.02 Å². The van der Waals surface area contributed by atoms with Gasteiger partial charge in [0, 0.05) is 6.04 Å². The summed E-state index contributed by atoms with van der Waals surface area (Å²) in [7, 11) is 0. The molecule has 1 aliphatic rings. The van der Waals surface area contributed by atoms with E-state index >= 15 is 0 Å². The maximum absolute atomic E-state index is 13.4. The highest BCUT2D eigenvalue weighted by molar-refractivity contribution is 6.31. The van der Waals surface area contributed by atoms with Crippen molar-refractivity contribution >= 4 is 11.6 Å². The van der Waals surface area contributed by atoms with Gasteiger partial charge in [0.15, 0.2) is 0 Å². The van der Waals surface area contributed by atoms with Crippen LogP contribution in [-0.4, -0.2) is 12.2 Å². The Morgan fingerprint density at radius 1 is 1.29 bits per heavy atom. The number of alkyl halides is 3. The molecule has 3 atom stereocenters. The van der Waals surface area contributed by atoms with E-state index in [2.05, 4.69) is 0 Å². The largest absolute Gasteiger partial charge is 0.391 e. The average molecular weight is 324 g/mol. The summed E-state index contributed by atoms with van der Waals surface area (Å²) >= 11 is 5.87. The number of nitrogens with two attached hydrogens (primary N) is 1. The second-order valence-electron chi connectivity index (χ2n) is 5.75. The van der Waals surface area contributed by atoms with E-state index in [1.807, 2.05) is 0 Å². The predicted octanol–water partition coefficient (Wildman–Crippen LogP) is 4.72. The van der Waals surface area contributed by atoms with Crippen LogP contribution in [0.15, 0.2) is 18.2 Å². The normalized spacial score (nSPS) is 24.9. The van der Waals surface area contributed by atoms with Crippen molar-refractivity contribution in [3.05, 3.63) is 34.6 Å². The minimum atomic E-state index is -4.16. The topological polar surface area (TPSA) is 26.0 Å². The van der Waals surface area contributed by atoms with Crippen molar-refractivity contribution in [3.8, 4) is 0 Å². The van der Waals surface area contributed by atoms with Crippen LogP contribution < -0.4 is 5.73 Å². The molecule has 21 heavy (non-hydrogen) atoms. The Bertz CT molecular complexity index is 489. The number of halogens is 5. The molecule has 0 heterocycles. The Labute approximate surface area is 126 Å². The first kappa shape index (κ1) is 16.6. The predicted molar refractivity (Wildman–Crippen MR) is 74.6 cm³/mol. The Kier molecular flexibility index (Phi) is 5.15. The zero-order valence-electron chi connectivity index (χ0n) is 11.5. The fourth-order valence-electron chi connectivity index (χ4n) is 3.04. The van der Waals surface area contributed by atoms with Gasteiger partial charge in [-0.1, -0.05) is 30.2 Å². The summed E-state index contributed by atoms with van der Waals surface area (Å²) in [5.74, 6) is -2.01. The Balaban J connectivity index is 2.03. The van der Waals surface area contributed by atoms with Crippen molar-refractivity contribution in [2.75, 3.05) is 0 Å². The van der Waals surface area contributed by atoms with E-state index in [9.17, 15) is 17.6 Å². The van der Waals surface area contributed by atoms with Crippen LogP contribution in [0, 0.1) is 17.7 Å². The van der Waals surface area contributed by atoms with E-state index in [4.69, 9.17) is 17.3 Å². The maximum Gasteiger partial charge on any atom is 0.391 e. The highest BCUT2D eigenvalue weighted by Gasteiger charge is 2.43. The molecule has 0 saturated heterocycles. The lowest BCUT2D eigenvalue weighted by Crippen LogP contribution is -2.38. The van der Waals surface area contributed by atoms with Crippen LogP contribution in [0.25, 0.3) is 0 Å². The van der Waals surface area contributed by atoms with Gasteiger partial charge in [0.2, 0.25) is 0 Å². The molecule has 0 aromatic heterocycles. The lowest BCUT2D eigenvalue weighted by atomic mass is 9.76. The molecule has 1 fully saturated rings. The van der Waals surface area contributed by atoms with E-state index in [-0.39, 0.29) is 23.8 Å². The van der Waals surface area contributed by atoms with Crippen molar-refractivity contribution in [1.29, 1.82) is 0 Å². The van der Waals surface area contributed by atoms with Crippen molar-refractivity contribution < 1.29 is 17.6 Å². The van der Waals surface area contributed by atoms with Crippen LogP contribution in [0.4, 0.5) is 17.6 Å². The molecule has 1 aromatic carbocycles. The number of rotatable bonds is 3. The molecule has 6 heteroatoms. The first-order valence-electron chi connectivity index (χ1n) is 7.04. The molecule has 118 valence electrons. The molecule has 0 radical (unpaired) electrons. The standard InChI is InChI=1S/C15H18ClF4N/c16-14-10(4-2-6-12(14)17)8-13(21)9-3-1-5-11(7-9)15(18,19)20/h2,4,6,9,11,13H,1,3,5,7-8,21H2. The van der Waals surface area contributed by atoms with Gasteiger partial charge in [-0.05, 0) is 43.2 Å². The summed E-state index contributed by atoms with van der Waals surface area (Å²) in [6.07, 6.45) is -2.42. The van der Waals surface area contributed by atoms with Crippen LogP contribution in [0.3, 0.4) is 0 Å². The third kappa shape index (κ3) is 4.10.